The zero-order valence-corrected chi connectivity index (χ0v) is 16.4. The van der Waals surface area contributed by atoms with Gasteiger partial charge in [0.1, 0.15) is 5.69 Å². The van der Waals surface area contributed by atoms with Crippen LogP contribution in [0.5, 0.6) is 0 Å². The molecule has 0 bridgehead atoms. The van der Waals surface area contributed by atoms with Crippen molar-refractivity contribution in [2.24, 2.45) is 0 Å². The molecule has 0 spiro atoms. The summed E-state index contributed by atoms with van der Waals surface area (Å²) in [6.45, 7) is 1.82. The van der Waals surface area contributed by atoms with Crippen LogP contribution in [0.25, 0.3) is 11.3 Å². The molecule has 2 heterocycles. The van der Waals surface area contributed by atoms with Crippen molar-refractivity contribution in [1.82, 2.24) is 10.2 Å². The summed E-state index contributed by atoms with van der Waals surface area (Å²) >= 11 is 0. The number of hydrogen-bond acceptors (Lipinski definition) is 4. The molecule has 1 aliphatic heterocycles. The predicted octanol–water partition coefficient (Wildman–Crippen LogP) is 2.77. The van der Waals surface area contributed by atoms with Crippen molar-refractivity contribution in [2.45, 2.75) is 6.92 Å². The van der Waals surface area contributed by atoms with Crippen molar-refractivity contribution in [3.63, 3.8) is 0 Å². The Morgan fingerprint density at radius 3 is 2.36 bits per heavy atom. The van der Waals surface area contributed by atoms with Crippen LogP contribution < -0.4 is 13.9 Å². The van der Waals surface area contributed by atoms with E-state index in [1.54, 1.807) is 18.2 Å². The minimum Gasteiger partial charge on any atom is -0.320 e. The number of benzene rings is 2. The molecule has 0 aliphatic carbocycles. The Morgan fingerprint density at radius 2 is 1.68 bits per heavy atom. The number of rotatable bonds is 3. The van der Waals surface area contributed by atoms with Gasteiger partial charge in [-0.05, 0) is 30.7 Å². The van der Waals surface area contributed by atoms with Crippen LogP contribution in [0.2, 0.25) is 0 Å². The number of carbonyl (C=O) groups excluding carboxylic acids is 1. The molecule has 0 saturated carbocycles. The predicted molar refractivity (Wildman–Crippen MR) is 109 cm³/mol. The highest BCUT2D eigenvalue weighted by Gasteiger charge is 2.36. The lowest BCUT2D eigenvalue weighted by Gasteiger charge is -2.13. The van der Waals surface area contributed by atoms with Crippen LogP contribution in [-0.4, -0.2) is 38.6 Å². The topological polar surface area (TPSA) is 98.4 Å². The van der Waals surface area contributed by atoms with Crippen molar-refractivity contribution >= 4 is 33.2 Å². The average molecular weight is 397 g/mol. The summed E-state index contributed by atoms with van der Waals surface area (Å²) in [5, 5.41) is 9.77. The Balaban J connectivity index is 1.62. The lowest BCUT2D eigenvalue weighted by Crippen LogP contribution is -2.32. The number of anilines is 3. The number of H-pyrrole nitrogens is 1. The van der Waals surface area contributed by atoms with Gasteiger partial charge in [0.25, 0.3) is 5.91 Å². The lowest BCUT2D eigenvalue weighted by atomic mass is 10.1. The fraction of sp³-hybridized carbons (Fsp3) is 0.158. The molecule has 3 aromatic rings. The van der Waals surface area contributed by atoms with Crippen LogP contribution in [0.4, 0.5) is 17.1 Å². The van der Waals surface area contributed by atoms with Crippen LogP contribution in [0.15, 0.2) is 48.5 Å². The maximum absolute atomic E-state index is 12.7. The molecule has 9 heteroatoms. The fourth-order valence-corrected chi connectivity index (χ4v) is 4.29. The van der Waals surface area contributed by atoms with Gasteiger partial charge >= 0.3 is 10.2 Å². The van der Waals surface area contributed by atoms with Crippen LogP contribution in [0.1, 0.15) is 16.1 Å². The number of nitrogens with zero attached hydrogens (tertiary/aromatic N) is 3. The van der Waals surface area contributed by atoms with Crippen LogP contribution in [-0.2, 0) is 10.2 Å². The fourth-order valence-electron chi connectivity index (χ4n) is 3.14. The molecule has 2 N–H and O–H groups in total. The SMILES string of the molecule is Cc1cc2c(cc1NC(=O)c1cc(-c3ccccc3)n[nH]1)N(C)S(=O)(=O)N2C. The van der Waals surface area contributed by atoms with Crippen molar-refractivity contribution in [2.75, 3.05) is 28.0 Å². The third-order valence-electron chi connectivity index (χ3n) is 4.83. The molecule has 0 radical (unpaired) electrons. The molecule has 0 fully saturated rings. The number of aromatic amines is 1. The summed E-state index contributed by atoms with van der Waals surface area (Å²) in [6.07, 6.45) is 0. The van der Waals surface area contributed by atoms with Crippen molar-refractivity contribution in [1.29, 1.82) is 0 Å². The van der Waals surface area contributed by atoms with Crippen LogP contribution in [0, 0.1) is 6.92 Å². The Kier molecular flexibility index (Phi) is 4.11. The van der Waals surface area contributed by atoms with Gasteiger partial charge in [0, 0.05) is 25.3 Å². The second kappa shape index (κ2) is 6.38. The number of carbonyl (C=O) groups is 1. The highest BCUT2D eigenvalue weighted by molar-refractivity contribution is 7.94. The standard InChI is InChI=1S/C19H19N5O3S/c1-12-9-17-18(24(3)28(26,27)23(17)2)11-14(12)20-19(25)16-10-15(21-22-16)13-7-5-4-6-8-13/h4-11H,1-3H3,(H,20,25)(H,21,22). The van der Waals surface area contributed by atoms with Gasteiger partial charge in [-0.3, -0.25) is 18.5 Å². The molecule has 1 aromatic heterocycles. The molecule has 0 atom stereocenters. The highest BCUT2D eigenvalue weighted by Crippen LogP contribution is 2.42. The first-order chi connectivity index (χ1) is 13.3. The van der Waals surface area contributed by atoms with E-state index in [1.165, 1.54) is 22.7 Å². The zero-order valence-electron chi connectivity index (χ0n) is 15.6. The number of fused-ring (bicyclic) bond motifs is 1. The molecule has 0 unspecified atom stereocenters. The maximum Gasteiger partial charge on any atom is 0.326 e. The number of aryl methyl sites for hydroxylation is 1. The van der Waals surface area contributed by atoms with E-state index in [1.807, 2.05) is 37.3 Å². The normalized spacial score (nSPS) is 14.8. The number of aromatic nitrogens is 2. The number of amides is 1. The van der Waals surface area contributed by atoms with E-state index in [-0.39, 0.29) is 5.91 Å². The van der Waals surface area contributed by atoms with E-state index >= 15 is 0 Å². The molecule has 2 aromatic carbocycles. The van der Waals surface area contributed by atoms with Gasteiger partial charge in [-0.25, -0.2) is 0 Å². The highest BCUT2D eigenvalue weighted by atomic mass is 32.2. The van der Waals surface area contributed by atoms with Gasteiger partial charge in [-0.15, -0.1) is 0 Å². The third-order valence-corrected chi connectivity index (χ3v) is 6.61. The summed E-state index contributed by atoms with van der Waals surface area (Å²) in [5.41, 5.74) is 4.27. The van der Waals surface area contributed by atoms with Crippen molar-refractivity contribution in [3.05, 3.63) is 59.8 Å². The van der Waals surface area contributed by atoms with Crippen LogP contribution in [0.3, 0.4) is 0 Å². The first-order valence-corrected chi connectivity index (χ1v) is 9.98. The Bertz CT molecular complexity index is 1170. The summed E-state index contributed by atoms with van der Waals surface area (Å²) in [6, 6.07) is 14.6. The van der Waals surface area contributed by atoms with E-state index in [0.717, 1.165) is 11.1 Å². The third kappa shape index (κ3) is 2.80. The van der Waals surface area contributed by atoms with E-state index < -0.39 is 10.2 Å². The Morgan fingerprint density at radius 1 is 1.04 bits per heavy atom. The second-order valence-electron chi connectivity index (χ2n) is 6.59. The number of hydrogen-bond donors (Lipinski definition) is 2. The smallest absolute Gasteiger partial charge is 0.320 e. The minimum absolute atomic E-state index is 0.317. The largest absolute Gasteiger partial charge is 0.326 e. The number of nitrogens with one attached hydrogen (secondary N) is 2. The monoisotopic (exact) mass is 397 g/mol. The summed E-state index contributed by atoms with van der Waals surface area (Å²) in [4.78, 5) is 12.7. The average Bonchev–Trinajstić information content (AvgIpc) is 3.24. The van der Waals surface area contributed by atoms with E-state index in [2.05, 4.69) is 15.5 Å². The van der Waals surface area contributed by atoms with Gasteiger partial charge in [0.15, 0.2) is 0 Å². The Hall–Kier alpha value is -3.33. The molecule has 28 heavy (non-hydrogen) atoms. The first kappa shape index (κ1) is 18.1. The molecule has 144 valence electrons. The van der Waals surface area contributed by atoms with E-state index in [0.29, 0.717) is 28.5 Å². The van der Waals surface area contributed by atoms with E-state index in [4.69, 9.17) is 0 Å². The maximum atomic E-state index is 12.7. The van der Waals surface area contributed by atoms with Crippen molar-refractivity contribution in [3.8, 4) is 11.3 Å². The molecule has 0 saturated heterocycles. The van der Waals surface area contributed by atoms with Gasteiger partial charge in [-0.2, -0.15) is 13.5 Å². The molecule has 1 aliphatic rings. The molecular weight excluding hydrogens is 378 g/mol. The minimum atomic E-state index is -3.57. The van der Waals surface area contributed by atoms with Gasteiger partial charge < -0.3 is 5.32 Å². The molecule has 8 nitrogen and oxygen atoms in total. The molecule has 1 amide bonds. The summed E-state index contributed by atoms with van der Waals surface area (Å²) in [5.74, 6) is -0.352. The second-order valence-corrected chi connectivity index (χ2v) is 8.58. The van der Waals surface area contributed by atoms with Crippen molar-refractivity contribution < 1.29 is 13.2 Å². The summed E-state index contributed by atoms with van der Waals surface area (Å²) in [7, 11) is -0.576. The lowest BCUT2D eigenvalue weighted by molar-refractivity contribution is 0.102. The Labute approximate surface area is 163 Å². The van der Waals surface area contributed by atoms with Gasteiger partial charge in [-0.1, -0.05) is 30.3 Å². The molecular formula is C19H19N5O3S. The van der Waals surface area contributed by atoms with Gasteiger partial charge in [0.2, 0.25) is 0 Å². The first-order valence-electron chi connectivity index (χ1n) is 8.58. The van der Waals surface area contributed by atoms with Gasteiger partial charge in [0.05, 0.1) is 17.1 Å². The quantitative estimate of drug-likeness (QED) is 0.710. The van der Waals surface area contributed by atoms with E-state index in [9.17, 15) is 13.2 Å². The zero-order chi connectivity index (χ0) is 20.1. The van der Waals surface area contributed by atoms with Crippen LogP contribution >= 0.6 is 0 Å². The molecule has 4 rings (SSSR count). The summed E-state index contributed by atoms with van der Waals surface area (Å²) < 4.78 is 27.0.